The van der Waals surface area contributed by atoms with Crippen LogP contribution in [0.1, 0.15) is 18.1 Å². The summed E-state index contributed by atoms with van der Waals surface area (Å²) in [6.45, 7) is 2.48. The van der Waals surface area contributed by atoms with Gasteiger partial charge in [0.2, 0.25) is 0 Å². The lowest BCUT2D eigenvalue weighted by molar-refractivity contribution is -0.137. The van der Waals surface area contributed by atoms with Gasteiger partial charge in [0.05, 0.1) is 26.4 Å². The van der Waals surface area contributed by atoms with Gasteiger partial charge in [-0.3, -0.25) is 0 Å². The van der Waals surface area contributed by atoms with Crippen LogP contribution in [0, 0.1) is 0 Å². The summed E-state index contributed by atoms with van der Waals surface area (Å²) in [7, 11) is 0. The summed E-state index contributed by atoms with van der Waals surface area (Å²) in [5, 5.41) is 9.79. The number of hydrogen-bond acceptors (Lipinski definition) is 5. The van der Waals surface area contributed by atoms with E-state index in [1.165, 1.54) is 6.08 Å². The van der Waals surface area contributed by atoms with Gasteiger partial charge in [-0.2, -0.15) is 0 Å². The number of carbonyl (C=O) groups is 1. The molecule has 1 N–H and O–H groups in total. The second-order valence-corrected chi connectivity index (χ2v) is 5.89. The van der Waals surface area contributed by atoms with Crippen LogP contribution in [0.4, 0.5) is 0 Å². The zero-order valence-corrected chi connectivity index (χ0v) is 15.5. The van der Waals surface area contributed by atoms with Crippen LogP contribution in [0.15, 0.2) is 72.8 Å². The van der Waals surface area contributed by atoms with E-state index in [-0.39, 0.29) is 6.61 Å². The monoisotopic (exact) mass is 370 g/mol. The number of aliphatic hydroxyl groups is 1. The zero-order valence-electron chi connectivity index (χ0n) is 15.5. The van der Waals surface area contributed by atoms with Crippen LogP contribution in [0.2, 0.25) is 0 Å². The van der Waals surface area contributed by atoms with Crippen molar-refractivity contribution in [2.45, 2.75) is 32.3 Å². The normalized spacial score (nSPS) is 13.4. The van der Waals surface area contributed by atoms with Gasteiger partial charge >= 0.3 is 5.97 Å². The molecule has 144 valence electrons. The SMILES string of the molecule is CCOC(=O)/C=C\[C@H](OCc1ccccc1)[C@H](CO)OCc1ccccc1. The predicted molar refractivity (Wildman–Crippen MR) is 103 cm³/mol. The average Bonchev–Trinajstić information content (AvgIpc) is 2.71. The van der Waals surface area contributed by atoms with Crippen LogP contribution in [0.3, 0.4) is 0 Å². The molecule has 0 aliphatic carbocycles. The highest BCUT2D eigenvalue weighted by Crippen LogP contribution is 2.13. The Balaban J connectivity index is 2.03. The van der Waals surface area contributed by atoms with Crippen molar-refractivity contribution in [1.29, 1.82) is 0 Å². The van der Waals surface area contributed by atoms with Gasteiger partial charge in [-0.05, 0) is 24.1 Å². The number of hydrogen-bond donors (Lipinski definition) is 1. The Bertz CT molecular complexity index is 684. The summed E-state index contributed by atoms with van der Waals surface area (Å²) < 4.78 is 16.7. The van der Waals surface area contributed by atoms with Crippen molar-refractivity contribution < 1.29 is 24.1 Å². The fraction of sp³-hybridized carbons (Fsp3) is 0.318. The van der Waals surface area contributed by atoms with E-state index in [0.717, 1.165) is 11.1 Å². The van der Waals surface area contributed by atoms with Crippen LogP contribution in [-0.4, -0.2) is 36.5 Å². The van der Waals surface area contributed by atoms with Crippen LogP contribution in [0.5, 0.6) is 0 Å². The van der Waals surface area contributed by atoms with E-state index >= 15 is 0 Å². The summed E-state index contributed by atoms with van der Waals surface area (Å²) in [6.07, 6.45) is 1.68. The number of benzene rings is 2. The van der Waals surface area contributed by atoms with Crippen molar-refractivity contribution in [2.24, 2.45) is 0 Å². The maximum atomic E-state index is 11.6. The first-order valence-corrected chi connectivity index (χ1v) is 8.99. The standard InChI is InChI=1S/C22H26O5/c1-2-25-22(24)14-13-20(26-16-18-9-5-3-6-10-18)21(15-23)27-17-19-11-7-4-8-12-19/h3-14,20-21,23H,2,15-17H2,1H3/b14-13-/t20-,21-/m0/s1. The highest BCUT2D eigenvalue weighted by atomic mass is 16.5. The van der Waals surface area contributed by atoms with Gasteiger partial charge in [0, 0.05) is 6.08 Å². The second-order valence-electron chi connectivity index (χ2n) is 5.89. The third-order valence-corrected chi connectivity index (χ3v) is 3.85. The lowest BCUT2D eigenvalue weighted by Crippen LogP contribution is -2.33. The molecule has 0 amide bonds. The van der Waals surface area contributed by atoms with Crippen molar-refractivity contribution in [3.8, 4) is 0 Å². The molecule has 0 aliphatic heterocycles. The van der Waals surface area contributed by atoms with Gasteiger partial charge in [0.15, 0.2) is 0 Å². The molecule has 0 aromatic heterocycles. The molecule has 0 heterocycles. The van der Waals surface area contributed by atoms with Crippen molar-refractivity contribution in [3.63, 3.8) is 0 Å². The van der Waals surface area contributed by atoms with E-state index in [1.54, 1.807) is 13.0 Å². The smallest absolute Gasteiger partial charge is 0.330 e. The van der Waals surface area contributed by atoms with E-state index in [4.69, 9.17) is 14.2 Å². The lowest BCUT2D eigenvalue weighted by atomic mass is 10.1. The quantitative estimate of drug-likeness (QED) is 0.486. The topological polar surface area (TPSA) is 65.0 Å². The van der Waals surface area contributed by atoms with Gasteiger partial charge in [-0.15, -0.1) is 0 Å². The molecule has 0 spiro atoms. The molecular weight excluding hydrogens is 344 g/mol. The average molecular weight is 370 g/mol. The highest BCUT2D eigenvalue weighted by molar-refractivity contribution is 5.81. The van der Waals surface area contributed by atoms with Crippen LogP contribution >= 0.6 is 0 Å². The molecule has 27 heavy (non-hydrogen) atoms. The number of aliphatic hydroxyl groups excluding tert-OH is 1. The molecule has 2 aromatic carbocycles. The summed E-state index contributed by atoms with van der Waals surface area (Å²) in [6, 6.07) is 19.4. The molecule has 0 saturated carbocycles. The molecule has 2 aromatic rings. The molecule has 5 nitrogen and oxygen atoms in total. The fourth-order valence-corrected chi connectivity index (χ4v) is 2.45. The third kappa shape index (κ3) is 7.74. The number of carbonyl (C=O) groups excluding carboxylic acids is 1. The minimum Gasteiger partial charge on any atom is -0.463 e. The lowest BCUT2D eigenvalue weighted by Gasteiger charge is -2.24. The molecule has 2 atom stereocenters. The maximum absolute atomic E-state index is 11.6. The zero-order chi connectivity index (χ0) is 19.3. The largest absolute Gasteiger partial charge is 0.463 e. The Morgan fingerprint density at radius 2 is 1.52 bits per heavy atom. The molecule has 2 rings (SSSR count). The fourth-order valence-electron chi connectivity index (χ4n) is 2.45. The van der Waals surface area contributed by atoms with Crippen LogP contribution < -0.4 is 0 Å². The first-order chi connectivity index (χ1) is 13.2. The van der Waals surface area contributed by atoms with E-state index in [2.05, 4.69) is 0 Å². The van der Waals surface area contributed by atoms with Crippen LogP contribution in [-0.2, 0) is 32.2 Å². The molecule has 5 heteroatoms. The summed E-state index contributed by atoms with van der Waals surface area (Å²) in [5.74, 6) is -0.453. The Kier molecular flexibility index (Phi) is 9.27. The van der Waals surface area contributed by atoms with E-state index < -0.39 is 18.2 Å². The van der Waals surface area contributed by atoms with Crippen molar-refractivity contribution in [1.82, 2.24) is 0 Å². The van der Waals surface area contributed by atoms with Gasteiger partial charge < -0.3 is 19.3 Å². The van der Waals surface area contributed by atoms with E-state index in [1.807, 2.05) is 60.7 Å². The van der Waals surface area contributed by atoms with Crippen molar-refractivity contribution >= 4 is 5.97 Å². The van der Waals surface area contributed by atoms with Gasteiger partial charge in [0.1, 0.15) is 12.2 Å². The first-order valence-electron chi connectivity index (χ1n) is 8.99. The van der Waals surface area contributed by atoms with Crippen molar-refractivity contribution in [2.75, 3.05) is 13.2 Å². The summed E-state index contributed by atoms with van der Waals surface area (Å²) >= 11 is 0. The summed E-state index contributed by atoms with van der Waals surface area (Å²) in [4.78, 5) is 11.6. The van der Waals surface area contributed by atoms with E-state index in [0.29, 0.717) is 19.8 Å². The molecule has 0 aliphatic rings. The highest BCUT2D eigenvalue weighted by Gasteiger charge is 2.21. The Morgan fingerprint density at radius 1 is 0.963 bits per heavy atom. The second kappa shape index (κ2) is 12.0. The molecule has 0 radical (unpaired) electrons. The molecular formula is C22H26O5. The molecule has 0 bridgehead atoms. The van der Waals surface area contributed by atoms with Gasteiger partial charge in [-0.25, -0.2) is 4.79 Å². The van der Waals surface area contributed by atoms with Crippen LogP contribution in [0.25, 0.3) is 0 Å². The number of ether oxygens (including phenoxy) is 3. The van der Waals surface area contributed by atoms with Gasteiger partial charge in [0.25, 0.3) is 0 Å². The summed E-state index contributed by atoms with van der Waals surface area (Å²) in [5.41, 5.74) is 1.99. The van der Waals surface area contributed by atoms with E-state index in [9.17, 15) is 9.90 Å². The molecule has 0 saturated heterocycles. The first kappa shape index (κ1) is 20.8. The molecule has 0 unspecified atom stereocenters. The Hall–Kier alpha value is -2.47. The minimum absolute atomic E-state index is 0.237. The number of esters is 1. The predicted octanol–water partition coefficient (Wildman–Crippen LogP) is 3.27. The third-order valence-electron chi connectivity index (χ3n) is 3.85. The Labute approximate surface area is 160 Å². The maximum Gasteiger partial charge on any atom is 0.330 e. The van der Waals surface area contributed by atoms with Crippen molar-refractivity contribution in [3.05, 3.63) is 83.9 Å². The minimum atomic E-state index is -0.611. The Morgan fingerprint density at radius 3 is 2.04 bits per heavy atom. The number of rotatable bonds is 11. The van der Waals surface area contributed by atoms with Gasteiger partial charge in [-0.1, -0.05) is 60.7 Å². The molecule has 0 fully saturated rings.